The maximum absolute atomic E-state index is 8.33. The second-order valence-electron chi connectivity index (χ2n) is 0.250. The van der Waals surface area contributed by atoms with E-state index in [4.69, 9.17) is 15.0 Å². The number of hydrogen-bond acceptors (Lipinski definition) is 3. The Kier molecular flexibility index (Phi) is 519. The van der Waals surface area contributed by atoms with Crippen molar-refractivity contribution in [1.82, 2.24) is 0 Å². The minimum Gasteiger partial charge on any atom is -0.652 e. The van der Waals surface area contributed by atoms with Crippen LogP contribution < -0.4 is 10.2 Å². The Morgan fingerprint density at radius 2 is 0.889 bits per heavy atom. The molecule has 7 nitrogen and oxygen atoms in total. The van der Waals surface area contributed by atoms with Crippen LogP contribution in [0.4, 0.5) is 4.79 Å². The molecule has 0 aromatic carbocycles. The normalized spacial score (nSPS) is 2.67. The minimum absolute atomic E-state index is 0. The Morgan fingerprint density at radius 1 is 0.889 bits per heavy atom. The van der Waals surface area contributed by atoms with Crippen molar-refractivity contribution in [3.05, 3.63) is 0 Å². The summed E-state index contributed by atoms with van der Waals surface area (Å²) in [5.74, 6) is 0. The predicted octanol–water partition coefficient (Wildman–Crippen LogP) is -6.13. The van der Waals surface area contributed by atoms with Crippen molar-refractivity contribution >= 4 is 16.3 Å². The van der Waals surface area contributed by atoms with Crippen LogP contribution in [0.15, 0.2) is 0 Å². The van der Waals surface area contributed by atoms with E-state index in [1.165, 1.54) is 0 Å². The predicted molar refractivity (Wildman–Crippen MR) is 25.6 cm³/mol. The second kappa shape index (κ2) is 55.3. The van der Waals surface area contributed by atoms with Crippen LogP contribution >= 0.6 is 0 Å². The van der Waals surface area contributed by atoms with Crippen LogP contribution in [0.25, 0.3) is 0 Å². The quantitative estimate of drug-likeness (QED) is 0.303. The number of carboxylic acid groups (broad SMARTS) is 2. The summed E-state index contributed by atoms with van der Waals surface area (Å²) in [5.41, 5.74) is 0. The first kappa shape index (κ1) is 84.5. The fourth-order valence-electron chi connectivity index (χ4n) is 0. The molecule has 0 aromatic heterocycles. The van der Waals surface area contributed by atoms with Crippen LogP contribution in [0.2, 0.25) is 0 Å². The zero-order valence-corrected chi connectivity index (χ0v) is 4.43. The van der Waals surface area contributed by atoms with E-state index in [2.05, 4.69) is 0 Å². The molecule has 0 fully saturated rings. The van der Waals surface area contributed by atoms with Crippen LogP contribution in [0, 0.1) is 0 Å². The van der Waals surface area contributed by atoms with Gasteiger partial charge in [0, 0.05) is 0 Å². The summed E-state index contributed by atoms with van der Waals surface area (Å²) in [5, 5.41) is 16.7. The fourth-order valence-corrected chi connectivity index (χ4v) is 0. The molecule has 8 N–H and O–H groups in total. The molecule has 0 saturated carbocycles. The molecule has 0 heterocycles. The third-order valence-electron chi connectivity index (χ3n) is 0. The molecule has 0 bridgehead atoms. The van der Waals surface area contributed by atoms with E-state index in [1.54, 1.807) is 0 Å². The molecular weight excluding hydrogens is 133 g/mol. The molecule has 0 rings (SSSR count). The summed E-state index contributed by atoms with van der Waals surface area (Å²) in [7, 11) is 0. The molecule has 56 valence electrons. The van der Waals surface area contributed by atoms with E-state index in [0.717, 1.165) is 0 Å². The molecule has 0 atom stereocenters. The summed E-state index contributed by atoms with van der Waals surface area (Å²) >= 11 is 0. The number of carbonyl (C=O) groups excluding carboxylic acids is 1. The largest absolute Gasteiger partial charge is 2.00 e. The van der Waals surface area contributed by atoms with E-state index >= 15 is 0 Å². The van der Waals surface area contributed by atoms with Crippen molar-refractivity contribution in [2.75, 3.05) is 0 Å². The first-order valence-electron chi connectivity index (χ1n) is 0.612. The van der Waals surface area contributed by atoms with Gasteiger partial charge in [0.25, 0.3) is 0 Å². The van der Waals surface area contributed by atoms with Gasteiger partial charge in [-0.25, -0.2) is 0 Å². The van der Waals surface area contributed by atoms with E-state index in [1.807, 2.05) is 0 Å². The summed E-state index contributed by atoms with van der Waals surface area (Å²) in [6.07, 6.45) is -2.33. The van der Waals surface area contributed by atoms with Gasteiger partial charge in [0.05, 0.1) is 0 Å². The van der Waals surface area contributed by atoms with E-state index < -0.39 is 6.16 Å². The van der Waals surface area contributed by atoms with Crippen molar-refractivity contribution < 1.29 is 36.9 Å². The Labute approximate surface area is 54.4 Å². The maximum Gasteiger partial charge on any atom is 2.00 e. The Hall–Kier alpha value is -0.721. The monoisotopic (exact) mass is 141 g/mol. The van der Waals surface area contributed by atoms with Gasteiger partial charge in [0.15, 0.2) is 0 Å². The molecule has 0 saturated heterocycles. The molecular formula is CH8BeO7. The summed E-state index contributed by atoms with van der Waals surface area (Å²) in [6.45, 7) is 0. The molecule has 0 aliphatic rings. The van der Waals surface area contributed by atoms with Crippen LogP contribution in [-0.2, 0) is 0 Å². The molecule has 0 unspecified atom stereocenters. The molecule has 0 amide bonds. The van der Waals surface area contributed by atoms with Gasteiger partial charge in [-0.15, -0.1) is 0 Å². The molecule has 0 aliphatic carbocycles. The van der Waals surface area contributed by atoms with Gasteiger partial charge < -0.3 is 36.9 Å². The van der Waals surface area contributed by atoms with Gasteiger partial charge in [0.2, 0.25) is 0 Å². The average molecular weight is 141 g/mol. The van der Waals surface area contributed by atoms with Crippen molar-refractivity contribution in [3.63, 3.8) is 0 Å². The zero-order chi connectivity index (χ0) is 3.58. The third-order valence-corrected chi connectivity index (χ3v) is 0. The molecule has 0 aromatic rings. The van der Waals surface area contributed by atoms with Gasteiger partial charge in [0.1, 0.15) is 0 Å². The smallest absolute Gasteiger partial charge is 0.652 e. The van der Waals surface area contributed by atoms with E-state index in [9.17, 15) is 0 Å². The minimum atomic E-state index is -2.33. The summed E-state index contributed by atoms with van der Waals surface area (Å²) in [4.78, 5) is 8.33. The van der Waals surface area contributed by atoms with Gasteiger partial charge in [-0.05, 0) is 6.16 Å². The van der Waals surface area contributed by atoms with E-state index in [0.29, 0.717) is 0 Å². The first-order valence-corrected chi connectivity index (χ1v) is 0.612. The summed E-state index contributed by atoms with van der Waals surface area (Å²) in [6, 6.07) is 0. The Morgan fingerprint density at radius 3 is 0.889 bits per heavy atom. The van der Waals surface area contributed by atoms with Crippen LogP contribution in [-0.4, -0.2) is 38.2 Å². The van der Waals surface area contributed by atoms with Gasteiger partial charge >= 0.3 is 10.1 Å². The molecule has 8 heteroatoms. The first-order chi connectivity index (χ1) is 1.73. The molecule has 9 heavy (non-hydrogen) atoms. The topological polar surface area (TPSA) is 189 Å². The fraction of sp³-hybridized carbons (Fsp3) is 0. The van der Waals surface area contributed by atoms with Crippen LogP contribution in [0.1, 0.15) is 0 Å². The molecule has 0 radical (unpaired) electrons. The SMILES string of the molecule is O.O.O.O.O=C([O-])[O-].[Be+2]. The number of carbonyl (C=O) groups is 1. The van der Waals surface area contributed by atoms with Crippen LogP contribution in [0.5, 0.6) is 0 Å². The van der Waals surface area contributed by atoms with Crippen molar-refractivity contribution in [1.29, 1.82) is 0 Å². The van der Waals surface area contributed by atoms with Gasteiger partial charge in [-0.2, -0.15) is 0 Å². The van der Waals surface area contributed by atoms with Crippen molar-refractivity contribution in [2.24, 2.45) is 0 Å². The van der Waals surface area contributed by atoms with Gasteiger partial charge in [-0.1, -0.05) is 0 Å². The number of rotatable bonds is 0. The molecule has 0 aliphatic heterocycles. The average Bonchev–Trinajstić information content (AvgIpc) is 0.811. The zero-order valence-electron chi connectivity index (χ0n) is 4.43. The van der Waals surface area contributed by atoms with Crippen LogP contribution in [0.3, 0.4) is 0 Å². The number of hydrogen-bond donors (Lipinski definition) is 0. The van der Waals surface area contributed by atoms with E-state index in [-0.39, 0.29) is 32.0 Å². The molecule has 0 spiro atoms. The second-order valence-corrected chi connectivity index (χ2v) is 0.250. The van der Waals surface area contributed by atoms with Gasteiger partial charge in [-0.3, -0.25) is 0 Å². The van der Waals surface area contributed by atoms with Crippen molar-refractivity contribution in [3.8, 4) is 0 Å². The Bertz CT molecular complexity index is 31.9. The Balaban J connectivity index is -0.00000000450. The van der Waals surface area contributed by atoms with Crippen molar-refractivity contribution in [2.45, 2.75) is 0 Å². The standard InChI is InChI=1S/CH2O3.Be.4H2O/c2-1(3)4;;;;;/h(H2,2,3,4);;4*1H2/q;+2;;;;/p-2. The maximum atomic E-state index is 8.33. The summed E-state index contributed by atoms with van der Waals surface area (Å²) < 4.78 is 0. The third kappa shape index (κ3) is 390.